The van der Waals surface area contributed by atoms with Gasteiger partial charge in [-0.3, -0.25) is 0 Å². The Bertz CT molecular complexity index is 587. The summed E-state index contributed by atoms with van der Waals surface area (Å²) in [7, 11) is 0. The third-order valence-electron chi connectivity index (χ3n) is 2.18. The summed E-state index contributed by atoms with van der Waals surface area (Å²) in [5, 5.41) is 0.00222. The molecule has 0 aliphatic carbocycles. The molecule has 8 heteroatoms. The highest BCUT2D eigenvalue weighted by molar-refractivity contribution is 6.34. The highest BCUT2D eigenvalue weighted by Crippen LogP contribution is 2.33. The average Bonchev–Trinajstić information content (AvgIpc) is 2.35. The Morgan fingerprint density at radius 1 is 1.11 bits per heavy atom. The van der Waals surface area contributed by atoms with Crippen molar-refractivity contribution in [2.75, 3.05) is 5.73 Å². The molecule has 0 fully saturated rings. The second-order valence-corrected chi connectivity index (χ2v) is 3.88. The number of hydrogen-bond donors (Lipinski definition) is 1. The maximum absolute atomic E-state index is 12.4. The molecule has 0 aliphatic rings. The van der Waals surface area contributed by atoms with Crippen LogP contribution in [-0.4, -0.2) is 9.97 Å². The van der Waals surface area contributed by atoms with Gasteiger partial charge in [-0.2, -0.15) is 18.2 Å². The predicted octanol–water partition coefficient (Wildman–Crippen LogP) is 3.52. The second kappa shape index (κ2) is 4.93. The van der Waals surface area contributed by atoms with Crippen LogP contribution in [0.1, 0.15) is 5.56 Å². The molecule has 0 amide bonds. The molecule has 1 heterocycles. The molecule has 0 atom stereocenters. The Morgan fingerprint density at radius 2 is 1.74 bits per heavy atom. The molecule has 0 radical (unpaired) electrons. The zero-order valence-electron chi connectivity index (χ0n) is 9.28. The van der Waals surface area contributed by atoms with E-state index in [0.717, 1.165) is 30.6 Å². The highest BCUT2D eigenvalue weighted by Gasteiger charge is 2.30. The lowest BCUT2D eigenvalue weighted by molar-refractivity contribution is -0.137. The van der Waals surface area contributed by atoms with Gasteiger partial charge in [0.1, 0.15) is 22.9 Å². The molecule has 1 aromatic heterocycles. The molecule has 1 aromatic carbocycles. The number of aromatic nitrogens is 2. The van der Waals surface area contributed by atoms with E-state index in [0.29, 0.717) is 0 Å². The van der Waals surface area contributed by atoms with Crippen LogP contribution in [-0.2, 0) is 6.18 Å². The number of rotatable bonds is 2. The quantitative estimate of drug-likeness (QED) is 0.919. The van der Waals surface area contributed by atoms with Crippen molar-refractivity contribution in [1.82, 2.24) is 9.97 Å². The largest absolute Gasteiger partial charge is 0.437 e. The molecule has 0 unspecified atom stereocenters. The number of anilines is 1. The summed E-state index contributed by atoms with van der Waals surface area (Å²) in [5.74, 6) is 0.167. The Morgan fingerprint density at radius 3 is 2.32 bits per heavy atom. The van der Waals surface area contributed by atoms with E-state index in [1.54, 1.807) is 0 Å². The van der Waals surface area contributed by atoms with Crippen LogP contribution >= 0.6 is 11.6 Å². The van der Waals surface area contributed by atoms with E-state index in [1.165, 1.54) is 0 Å². The van der Waals surface area contributed by atoms with Gasteiger partial charge in [-0.1, -0.05) is 11.6 Å². The first-order chi connectivity index (χ1) is 8.88. The van der Waals surface area contributed by atoms with Gasteiger partial charge in [-0.15, -0.1) is 0 Å². The maximum atomic E-state index is 12.4. The van der Waals surface area contributed by atoms with E-state index in [-0.39, 0.29) is 22.5 Å². The number of ether oxygens (including phenoxy) is 1. The van der Waals surface area contributed by atoms with Crippen molar-refractivity contribution in [2.24, 2.45) is 0 Å². The SMILES string of the molecule is Nc1ncnc(Oc2ccc(C(F)(F)F)cc2)c1Cl. The first-order valence-corrected chi connectivity index (χ1v) is 5.37. The minimum Gasteiger partial charge on any atom is -0.437 e. The smallest absolute Gasteiger partial charge is 0.416 e. The van der Waals surface area contributed by atoms with Crippen LogP contribution in [0.25, 0.3) is 0 Å². The van der Waals surface area contributed by atoms with E-state index < -0.39 is 11.7 Å². The van der Waals surface area contributed by atoms with Gasteiger partial charge in [0, 0.05) is 0 Å². The predicted molar refractivity (Wildman–Crippen MR) is 63.0 cm³/mol. The normalized spacial score (nSPS) is 11.4. The molecular formula is C11H7ClF3N3O. The molecule has 0 spiro atoms. The minimum absolute atomic E-state index is 0.00222. The van der Waals surface area contributed by atoms with Gasteiger partial charge >= 0.3 is 6.18 Å². The molecule has 2 aromatic rings. The van der Waals surface area contributed by atoms with Crippen LogP contribution in [0.2, 0.25) is 5.02 Å². The third kappa shape index (κ3) is 3.05. The lowest BCUT2D eigenvalue weighted by Gasteiger charge is -2.09. The summed E-state index contributed by atoms with van der Waals surface area (Å²) in [6, 6.07) is 4.12. The topological polar surface area (TPSA) is 61.0 Å². The average molecular weight is 290 g/mol. The van der Waals surface area contributed by atoms with Gasteiger partial charge < -0.3 is 10.5 Å². The number of hydrogen-bond acceptors (Lipinski definition) is 4. The van der Waals surface area contributed by atoms with Crippen molar-refractivity contribution >= 4 is 17.4 Å². The van der Waals surface area contributed by atoms with E-state index in [4.69, 9.17) is 22.1 Å². The number of nitrogens with zero attached hydrogens (tertiary/aromatic N) is 2. The van der Waals surface area contributed by atoms with Gasteiger partial charge in [0.2, 0.25) is 5.88 Å². The van der Waals surface area contributed by atoms with Crippen LogP contribution in [0.15, 0.2) is 30.6 Å². The molecular weight excluding hydrogens is 283 g/mol. The second-order valence-electron chi connectivity index (χ2n) is 3.50. The Hall–Kier alpha value is -2.02. The zero-order chi connectivity index (χ0) is 14.0. The highest BCUT2D eigenvalue weighted by atomic mass is 35.5. The van der Waals surface area contributed by atoms with Gasteiger partial charge in [0.05, 0.1) is 5.56 Å². The first-order valence-electron chi connectivity index (χ1n) is 4.99. The Labute approximate surface area is 111 Å². The summed E-state index contributed by atoms with van der Waals surface area (Å²) in [4.78, 5) is 7.37. The van der Waals surface area contributed by atoms with Crippen LogP contribution in [0.3, 0.4) is 0 Å². The van der Waals surface area contributed by atoms with Crippen molar-refractivity contribution in [1.29, 1.82) is 0 Å². The monoisotopic (exact) mass is 289 g/mol. The summed E-state index contributed by atoms with van der Waals surface area (Å²) in [5.41, 5.74) is 4.67. The maximum Gasteiger partial charge on any atom is 0.416 e. The Balaban J connectivity index is 2.23. The molecule has 19 heavy (non-hydrogen) atoms. The van der Waals surface area contributed by atoms with Crippen molar-refractivity contribution in [3.8, 4) is 11.6 Å². The minimum atomic E-state index is -4.39. The van der Waals surface area contributed by atoms with Crippen LogP contribution in [0.5, 0.6) is 11.6 Å². The molecule has 4 nitrogen and oxygen atoms in total. The van der Waals surface area contributed by atoms with Crippen molar-refractivity contribution < 1.29 is 17.9 Å². The number of benzene rings is 1. The number of nitrogen functional groups attached to an aromatic ring is 1. The van der Waals surface area contributed by atoms with E-state index in [2.05, 4.69) is 9.97 Å². The first kappa shape index (κ1) is 13.4. The fourth-order valence-electron chi connectivity index (χ4n) is 1.26. The van der Waals surface area contributed by atoms with Gasteiger partial charge in [0.25, 0.3) is 0 Å². The third-order valence-corrected chi connectivity index (χ3v) is 2.54. The van der Waals surface area contributed by atoms with Gasteiger partial charge in [0.15, 0.2) is 0 Å². The lowest BCUT2D eigenvalue weighted by atomic mass is 10.2. The summed E-state index contributed by atoms with van der Waals surface area (Å²) >= 11 is 5.79. The van der Waals surface area contributed by atoms with E-state index in [1.807, 2.05) is 0 Å². The van der Waals surface area contributed by atoms with Gasteiger partial charge in [-0.05, 0) is 24.3 Å². The van der Waals surface area contributed by atoms with E-state index >= 15 is 0 Å². The summed E-state index contributed by atoms with van der Waals surface area (Å²) < 4.78 is 42.3. The molecule has 0 saturated carbocycles. The molecule has 0 saturated heterocycles. The molecule has 2 rings (SSSR count). The van der Waals surface area contributed by atoms with Crippen molar-refractivity contribution in [3.63, 3.8) is 0 Å². The standard InChI is InChI=1S/C11H7ClF3N3O/c12-8-9(16)17-5-18-10(8)19-7-3-1-6(2-4-7)11(13,14)15/h1-5H,(H2,16,17,18). The van der Waals surface area contributed by atoms with Crippen LogP contribution in [0.4, 0.5) is 19.0 Å². The van der Waals surface area contributed by atoms with E-state index in [9.17, 15) is 13.2 Å². The van der Waals surface area contributed by atoms with Crippen molar-refractivity contribution in [2.45, 2.75) is 6.18 Å². The molecule has 0 aliphatic heterocycles. The van der Waals surface area contributed by atoms with Gasteiger partial charge in [-0.25, -0.2) is 4.98 Å². The number of halogens is 4. The van der Waals surface area contributed by atoms with Crippen LogP contribution in [0, 0.1) is 0 Å². The fourth-order valence-corrected chi connectivity index (χ4v) is 1.40. The molecule has 100 valence electrons. The lowest BCUT2D eigenvalue weighted by Crippen LogP contribution is -2.04. The van der Waals surface area contributed by atoms with Crippen molar-refractivity contribution in [3.05, 3.63) is 41.2 Å². The number of alkyl halides is 3. The fraction of sp³-hybridized carbons (Fsp3) is 0.0909. The summed E-state index contributed by atoms with van der Waals surface area (Å²) in [6.45, 7) is 0. The molecule has 0 bridgehead atoms. The zero-order valence-corrected chi connectivity index (χ0v) is 10.0. The Kier molecular flexibility index (Phi) is 3.48. The number of nitrogens with two attached hydrogens (primary N) is 1. The van der Waals surface area contributed by atoms with Crippen LogP contribution < -0.4 is 10.5 Å². The molecule has 2 N–H and O–H groups in total. The summed E-state index contributed by atoms with van der Waals surface area (Å²) in [6.07, 6.45) is -3.25.